The van der Waals surface area contributed by atoms with Crippen molar-refractivity contribution in [2.24, 2.45) is 5.73 Å². The van der Waals surface area contributed by atoms with Gasteiger partial charge in [0.25, 0.3) is 0 Å². The number of nitrogens with two attached hydrogens (primary N) is 1. The number of benzene rings is 2. The number of aliphatic carboxylic acids is 1. The van der Waals surface area contributed by atoms with Crippen LogP contribution in [-0.2, 0) is 9.53 Å². The molecule has 7 nitrogen and oxygen atoms in total. The van der Waals surface area contributed by atoms with Crippen LogP contribution in [-0.4, -0.2) is 55.7 Å². The average molecular weight is 467 g/mol. The molecule has 148 valence electrons. The molecule has 0 fully saturated rings. The first-order valence-corrected chi connectivity index (χ1v) is 12.2. The van der Waals surface area contributed by atoms with Gasteiger partial charge in [0.1, 0.15) is 0 Å². The molecular formula is C19H20N2O5SSe. The molecule has 0 bridgehead atoms. The third-order valence-corrected chi connectivity index (χ3v) is 8.04. The zero-order valence-electron chi connectivity index (χ0n) is 15.1. The Balaban J connectivity index is 1.98. The number of hydrogen-bond acceptors (Lipinski definition) is 6. The SMILES string of the molecule is COC(=O)c1ccc(NC(=O)c2ccccc2[Se]SCCC(N)C(=O)O)cc1. The number of carboxylic acids is 1. The summed E-state index contributed by atoms with van der Waals surface area (Å²) in [6.45, 7) is 0. The number of carboxylic acid groups (broad SMARTS) is 1. The van der Waals surface area contributed by atoms with Gasteiger partial charge in [-0.25, -0.2) is 0 Å². The Morgan fingerprint density at radius 3 is 2.50 bits per heavy atom. The number of rotatable bonds is 9. The number of esters is 1. The van der Waals surface area contributed by atoms with E-state index < -0.39 is 18.0 Å². The first-order chi connectivity index (χ1) is 13.4. The standard InChI is InChI=1S/C19H20N2O5SSe/c1-26-19(25)12-6-8-13(9-7-12)21-17(22)14-4-2-3-5-16(14)28-27-11-10-15(20)18(23)24/h2-9,15H,10-11,20H2,1H3,(H,21,22)(H,23,24). The Kier molecular flexibility index (Phi) is 8.53. The molecule has 1 amide bonds. The number of ether oxygens (including phenoxy) is 1. The Morgan fingerprint density at radius 1 is 1.18 bits per heavy atom. The topological polar surface area (TPSA) is 119 Å². The molecule has 2 aromatic carbocycles. The fourth-order valence-electron chi connectivity index (χ4n) is 2.14. The van der Waals surface area contributed by atoms with Crippen LogP contribution in [0.2, 0.25) is 0 Å². The van der Waals surface area contributed by atoms with Crippen LogP contribution < -0.4 is 15.5 Å². The van der Waals surface area contributed by atoms with Gasteiger partial charge >= 0.3 is 172 Å². The van der Waals surface area contributed by atoms with Crippen molar-refractivity contribution in [1.82, 2.24) is 0 Å². The minimum atomic E-state index is -1.01. The predicted molar refractivity (Wildman–Crippen MR) is 110 cm³/mol. The Hall–Kier alpha value is -2.32. The van der Waals surface area contributed by atoms with Crippen molar-refractivity contribution in [3.05, 3.63) is 59.7 Å². The fourth-order valence-corrected chi connectivity index (χ4v) is 6.19. The van der Waals surface area contributed by atoms with Gasteiger partial charge in [-0.3, -0.25) is 0 Å². The third kappa shape index (κ3) is 6.38. The van der Waals surface area contributed by atoms with Crippen molar-refractivity contribution in [1.29, 1.82) is 0 Å². The van der Waals surface area contributed by atoms with E-state index in [1.807, 2.05) is 12.1 Å². The molecule has 0 saturated carbocycles. The molecule has 28 heavy (non-hydrogen) atoms. The number of carbonyl (C=O) groups excluding carboxylic acids is 2. The Morgan fingerprint density at radius 2 is 1.86 bits per heavy atom. The van der Waals surface area contributed by atoms with Crippen LogP contribution >= 0.6 is 10.2 Å². The van der Waals surface area contributed by atoms with Gasteiger partial charge in [-0.2, -0.15) is 0 Å². The van der Waals surface area contributed by atoms with Crippen LogP contribution in [0.25, 0.3) is 0 Å². The molecule has 0 aliphatic heterocycles. The van der Waals surface area contributed by atoms with E-state index in [0.29, 0.717) is 29.0 Å². The maximum atomic E-state index is 12.6. The molecule has 2 rings (SSSR count). The number of anilines is 1. The molecule has 0 heterocycles. The van der Waals surface area contributed by atoms with Crippen LogP contribution in [0.1, 0.15) is 27.1 Å². The molecule has 4 N–H and O–H groups in total. The van der Waals surface area contributed by atoms with E-state index >= 15 is 0 Å². The van der Waals surface area contributed by atoms with Crippen LogP contribution in [0.4, 0.5) is 5.69 Å². The summed E-state index contributed by atoms with van der Waals surface area (Å²) >= 11 is -0.0547. The van der Waals surface area contributed by atoms with Crippen molar-refractivity contribution < 1.29 is 24.2 Å². The summed E-state index contributed by atoms with van der Waals surface area (Å²) in [5, 5.41) is 11.6. The van der Waals surface area contributed by atoms with Gasteiger partial charge < -0.3 is 0 Å². The van der Waals surface area contributed by atoms with E-state index in [4.69, 9.17) is 10.8 Å². The zero-order valence-corrected chi connectivity index (χ0v) is 17.6. The number of carbonyl (C=O) groups is 3. The van der Waals surface area contributed by atoms with Crippen molar-refractivity contribution in [2.75, 3.05) is 18.2 Å². The molecule has 0 aromatic heterocycles. The summed E-state index contributed by atoms with van der Waals surface area (Å²) in [6, 6.07) is 12.9. The van der Waals surface area contributed by atoms with Gasteiger partial charge in [-0.1, -0.05) is 0 Å². The van der Waals surface area contributed by atoms with Crippen LogP contribution in [0, 0.1) is 0 Å². The Labute approximate surface area is 172 Å². The van der Waals surface area contributed by atoms with Gasteiger partial charge in [0, 0.05) is 0 Å². The van der Waals surface area contributed by atoms with E-state index in [9.17, 15) is 14.4 Å². The van der Waals surface area contributed by atoms with Gasteiger partial charge in [0.05, 0.1) is 0 Å². The number of amides is 1. The van der Waals surface area contributed by atoms with Crippen molar-refractivity contribution in [3.8, 4) is 0 Å². The second-order valence-corrected chi connectivity index (χ2v) is 9.92. The molecule has 2 aromatic rings. The Bertz CT molecular complexity index is 844. The normalized spacial score (nSPS) is 11.5. The summed E-state index contributed by atoms with van der Waals surface area (Å²) in [5.41, 5.74) is 7.04. The quantitative estimate of drug-likeness (QED) is 0.291. The first kappa shape index (κ1) is 22.0. The van der Waals surface area contributed by atoms with Gasteiger partial charge in [-0.15, -0.1) is 0 Å². The first-order valence-electron chi connectivity index (χ1n) is 8.29. The van der Waals surface area contributed by atoms with Crippen LogP contribution in [0.5, 0.6) is 0 Å². The molecule has 1 unspecified atom stereocenters. The second kappa shape index (κ2) is 10.9. The summed E-state index contributed by atoms with van der Waals surface area (Å²) in [5.74, 6) is -1.08. The monoisotopic (exact) mass is 468 g/mol. The number of hydrogen-bond donors (Lipinski definition) is 3. The third-order valence-electron chi connectivity index (χ3n) is 3.67. The minimum absolute atomic E-state index is 0.0547. The summed E-state index contributed by atoms with van der Waals surface area (Å²) < 4.78 is 5.56. The maximum absolute atomic E-state index is 12.6. The average Bonchev–Trinajstić information content (AvgIpc) is 2.71. The fraction of sp³-hybridized carbons (Fsp3) is 0.211. The molecule has 0 saturated heterocycles. The summed E-state index contributed by atoms with van der Waals surface area (Å²) in [7, 11) is 2.89. The van der Waals surface area contributed by atoms with E-state index in [1.54, 1.807) is 46.6 Å². The molecular weight excluding hydrogens is 447 g/mol. The molecule has 9 heteroatoms. The zero-order chi connectivity index (χ0) is 20.5. The van der Waals surface area contributed by atoms with E-state index in [0.717, 1.165) is 4.46 Å². The van der Waals surface area contributed by atoms with E-state index in [1.165, 1.54) is 7.11 Å². The van der Waals surface area contributed by atoms with Crippen molar-refractivity contribution in [3.63, 3.8) is 0 Å². The van der Waals surface area contributed by atoms with Crippen molar-refractivity contribution >= 4 is 52.0 Å². The number of methoxy groups -OCH3 is 1. The molecule has 0 aliphatic rings. The molecule has 0 spiro atoms. The molecule has 1 atom stereocenters. The summed E-state index contributed by atoms with van der Waals surface area (Å²) in [6.07, 6.45) is 0.378. The second-order valence-electron chi connectivity index (χ2n) is 5.66. The molecule has 0 aliphatic carbocycles. The number of nitrogens with one attached hydrogen (secondary N) is 1. The predicted octanol–water partition coefficient (Wildman–Crippen LogP) is 1.51. The van der Waals surface area contributed by atoms with Gasteiger partial charge in [-0.05, 0) is 0 Å². The van der Waals surface area contributed by atoms with Gasteiger partial charge in [0.2, 0.25) is 0 Å². The van der Waals surface area contributed by atoms with E-state index in [-0.39, 0.29) is 19.7 Å². The molecule has 0 radical (unpaired) electrons. The van der Waals surface area contributed by atoms with Crippen molar-refractivity contribution in [2.45, 2.75) is 12.5 Å². The van der Waals surface area contributed by atoms with Crippen LogP contribution in [0.15, 0.2) is 48.5 Å². The van der Waals surface area contributed by atoms with E-state index in [2.05, 4.69) is 10.1 Å². The summed E-state index contributed by atoms with van der Waals surface area (Å²) in [4.78, 5) is 34.9. The van der Waals surface area contributed by atoms with Crippen LogP contribution in [0.3, 0.4) is 0 Å². The van der Waals surface area contributed by atoms with Gasteiger partial charge in [0.15, 0.2) is 0 Å².